The molecule has 0 saturated heterocycles. The van der Waals surface area contributed by atoms with E-state index in [1.54, 1.807) is 38.2 Å². The van der Waals surface area contributed by atoms with E-state index < -0.39 is 16.4 Å². The zero-order valence-electron chi connectivity index (χ0n) is 12.4. The van der Waals surface area contributed by atoms with Crippen LogP contribution in [0.5, 0.6) is 0 Å². The molecule has 0 aliphatic heterocycles. The Balaban J connectivity index is 2.47. The molecule has 0 radical (unpaired) electrons. The number of nitrogens with one attached hydrogen (secondary N) is 1. The second-order valence-corrected chi connectivity index (χ2v) is 5.48. The molecule has 1 unspecified atom stereocenters. The molecule has 0 aliphatic rings. The van der Waals surface area contributed by atoms with E-state index in [4.69, 9.17) is 16.3 Å². The summed E-state index contributed by atoms with van der Waals surface area (Å²) < 4.78 is 4.93. The average molecular weight is 325 g/mol. The maximum absolute atomic E-state index is 12.2. The van der Waals surface area contributed by atoms with Gasteiger partial charge < -0.3 is 9.72 Å². The van der Waals surface area contributed by atoms with Gasteiger partial charge in [0, 0.05) is 33.5 Å². The number of rotatable bonds is 6. The molecule has 2 rings (SSSR count). The van der Waals surface area contributed by atoms with Crippen molar-refractivity contribution in [2.24, 2.45) is 0 Å². The molecule has 0 saturated carbocycles. The lowest BCUT2D eigenvalue weighted by Gasteiger charge is -2.21. The van der Waals surface area contributed by atoms with Crippen molar-refractivity contribution in [2.75, 3.05) is 6.61 Å². The number of H-pyrrole nitrogens is 1. The summed E-state index contributed by atoms with van der Waals surface area (Å²) in [5.74, 6) is -0.807. The fourth-order valence-electron chi connectivity index (χ4n) is 2.49. The number of nitro groups is 1. The first kappa shape index (κ1) is 16.3. The molecular weight excluding hydrogens is 308 g/mol. The summed E-state index contributed by atoms with van der Waals surface area (Å²) in [4.78, 5) is 26.2. The van der Waals surface area contributed by atoms with E-state index in [2.05, 4.69) is 4.98 Å². The zero-order valence-corrected chi connectivity index (χ0v) is 13.1. The van der Waals surface area contributed by atoms with Crippen LogP contribution in [0.2, 0.25) is 5.02 Å². The van der Waals surface area contributed by atoms with Crippen LogP contribution < -0.4 is 0 Å². The number of aromatic nitrogens is 1. The molecule has 0 amide bonds. The fraction of sp³-hybridized carbons (Fsp3) is 0.400. The molecule has 7 heteroatoms. The molecule has 1 heterocycles. The van der Waals surface area contributed by atoms with Crippen LogP contribution in [0.3, 0.4) is 0 Å². The first-order valence-electron chi connectivity index (χ1n) is 7.01. The van der Waals surface area contributed by atoms with Gasteiger partial charge in [0.15, 0.2) is 0 Å². The lowest BCUT2D eigenvalue weighted by atomic mass is 9.88. The summed E-state index contributed by atoms with van der Waals surface area (Å²) in [5, 5.41) is 12.9. The molecule has 22 heavy (non-hydrogen) atoms. The number of ether oxygens (including phenoxy) is 1. The predicted molar refractivity (Wildman–Crippen MR) is 83.7 cm³/mol. The number of carbonyl (C=O) groups excluding carboxylic acids is 1. The standard InChI is InChI=1S/C15H17ClN2O4/c1-3-15(18(20)21,14(19)22-4-2)8-10-9-17-13-6-5-11(16)7-12(10)13/h5-7,9,17H,3-4,8H2,1-2H3. The van der Waals surface area contributed by atoms with Gasteiger partial charge in [-0.25, -0.2) is 4.79 Å². The minimum absolute atomic E-state index is 0.0460. The molecule has 0 spiro atoms. The number of nitrogens with zero attached hydrogens (tertiary/aromatic N) is 1. The van der Waals surface area contributed by atoms with Crippen LogP contribution in [0.4, 0.5) is 0 Å². The highest BCUT2D eigenvalue weighted by Gasteiger charge is 2.51. The summed E-state index contributed by atoms with van der Waals surface area (Å²) in [7, 11) is 0. The molecule has 6 nitrogen and oxygen atoms in total. The highest BCUT2D eigenvalue weighted by Crippen LogP contribution is 2.29. The van der Waals surface area contributed by atoms with Crippen LogP contribution in [0.1, 0.15) is 25.8 Å². The lowest BCUT2D eigenvalue weighted by Crippen LogP contribution is -2.49. The third-order valence-electron chi connectivity index (χ3n) is 3.80. The summed E-state index contributed by atoms with van der Waals surface area (Å²) in [6, 6.07) is 5.26. The largest absolute Gasteiger partial charge is 0.461 e. The summed E-state index contributed by atoms with van der Waals surface area (Å²) >= 11 is 5.99. The van der Waals surface area contributed by atoms with Gasteiger partial charge >= 0.3 is 11.5 Å². The van der Waals surface area contributed by atoms with Crippen LogP contribution in [0.15, 0.2) is 24.4 Å². The highest BCUT2D eigenvalue weighted by molar-refractivity contribution is 6.31. The Hall–Kier alpha value is -2.08. The lowest BCUT2D eigenvalue weighted by molar-refractivity contribution is -0.555. The number of carbonyl (C=O) groups is 1. The number of halogens is 1. The Kier molecular flexibility index (Phi) is 4.71. The van der Waals surface area contributed by atoms with Crippen LogP contribution in [0, 0.1) is 10.1 Å². The zero-order chi connectivity index (χ0) is 16.3. The Morgan fingerprint density at radius 1 is 1.45 bits per heavy atom. The van der Waals surface area contributed by atoms with Crippen molar-refractivity contribution in [3.8, 4) is 0 Å². The molecule has 0 fully saturated rings. The molecule has 2 aromatic rings. The smallest absolute Gasteiger partial charge is 0.385 e. The number of fused-ring (bicyclic) bond motifs is 1. The van der Waals surface area contributed by atoms with Crippen molar-refractivity contribution >= 4 is 28.5 Å². The Morgan fingerprint density at radius 2 is 2.18 bits per heavy atom. The second kappa shape index (κ2) is 6.36. The molecule has 0 aliphatic carbocycles. The van der Waals surface area contributed by atoms with E-state index in [0.717, 1.165) is 10.9 Å². The number of hydrogen-bond donors (Lipinski definition) is 1. The van der Waals surface area contributed by atoms with E-state index in [9.17, 15) is 14.9 Å². The molecule has 1 aromatic carbocycles. The molecule has 118 valence electrons. The Bertz CT molecular complexity index is 713. The quantitative estimate of drug-likeness (QED) is 0.501. The van der Waals surface area contributed by atoms with Gasteiger partial charge in [0.1, 0.15) is 0 Å². The van der Waals surface area contributed by atoms with E-state index >= 15 is 0 Å². The van der Waals surface area contributed by atoms with Crippen LogP contribution >= 0.6 is 11.6 Å². The molecule has 1 atom stereocenters. The third-order valence-corrected chi connectivity index (χ3v) is 4.04. The van der Waals surface area contributed by atoms with Gasteiger partial charge in [0.2, 0.25) is 0 Å². The number of benzene rings is 1. The van der Waals surface area contributed by atoms with Gasteiger partial charge in [-0.3, -0.25) is 10.1 Å². The normalized spacial score (nSPS) is 13.8. The molecule has 0 bridgehead atoms. The van der Waals surface area contributed by atoms with Gasteiger partial charge in [-0.2, -0.15) is 0 Å². The summed E-state index contributed by atoms with van der Waals surface area (Å²) in [6.45, 7) is 3.35. The van der Waals surface area contributed by atoms with E-state index in [0.29, 0.717) is 10.6 Å². The van der Waals surface area contributed by atoms with Crippen molar-refractivity contribution in [2.45, 2.75) is 32.2 Å². The van der Waals surface area contributed by atoms with Crippen LogP contribution in [-0.2, 0) is 16.0 Å². The third kappa shape index (κ3) is 2.78. The van der Waals surface area contributed by atoms with Crippen LogP contribution in [0.25, 0.3) is 10.9 Å². The van der Waals surface area contributed by atoms with E-state index in [1.165, 1.54) is 0 Å². The van der Waals surface area contributed by atoms with Crippen molar-refractivity contribution in [1.29, 1.82) is 0 Å². The van der Waals surface area contributed by atoms with E-state index in [-0.39, 0.29) is 19.4 Å². The van der Waals surface area contributed by atoms with Gasteiger partial charge in [-0.1, -0.05) is 18.5 Å². The molecule has 1 aromatic heterocycles. The minimum atomic E-state index is -1.78. The Morgan fingerprint density at radius 3 is 2.77 bits per heavy atom. The second-order valence-electron chi connectivity index (χ2n) is 5.04. The summed E-state index contributed by atoms with van der Waals surface area (Å²) in [5.41, 5.74) is -0.298. The predicted octanol–water partition coefficient (Wildman–Crippen LogP) is 3.35. The average Bonchev–Trinajstić information content (AvgIpc) is 2.86. The van der Waals surface area contributed by atoms with Gasteiger partial charge in [0.25, 0.3) is 0 Å². The first-order chi connectivity index (χ1) is 10.4. The maximum atomic E-state index is 12.2. The SMILES string of the molecule is CCOC(=O)C(CC)(Cc1c[nH]c2ccc(Cl)cc12)[N+](=O)[O-]. The van der Waals surface area contributed by atoms with Gasteiger partial charge in [0.05, 0.1) is 13.0 Å². The Labute approximate surface area is 132 Å². The monoisotopic (exact) mass is 324 g/mol. The maximum Gasteiger partial charge on any atom is 0.385 e. The topological polar surface area (TPSA) is 85.2 Å². The number of esters is 1. The number of hydrogen-bond acceptors (Lipinski definition) is 4. The molecule has 1 N–H and O–H groups in total. The molecular formula is C15H17ClN2O4. The summed E-state index contributed by atoms with van der Waals surface area (Å²) in [6.07, 6.45) is 1.68. The fourth-order valence-corrected chi connectivity index (χ4v) is 2.66. The number of aromatic amines is 1. The van der Waals surface area contributed by atoms with Crippen molar-refractivity contribution in [3.05, 3.63) is 45.1 Å². The van der Waals surface area contributed by atoms with Crippen molar-refractivity contribution in [1.82, 2.24) is 4.98 Å². The van der Waals surface area contributed by atoms with Crippen molar-refractivity contribution < 1.29 is 14.5 Å². The van der Waals surface area contributed by atoms with Gasteiger partial charge in [-0.05, 0) is 30.7 Å². The van der Waals surface area contributed by atoms with Crippen LogP contribution in [-0.4, -0.2) is 28.0 Å². The highest BCUT2D eigenvalue weighted by atomic mass is 35.5. The van der Waals surface area contributed by atoms with E-state index in [1.807, 2.05) is 0 Å². The van der Waals surface area contributed by atoms with Crippen molar-refractivity contribution in [3.63, 3.8) is 0 Å². The van der Waals surface area contributed by atoms with Gasteiger partial charge in [-0.15, -0.1) is 0 Å². The first-order valence-corrected chi connectivity index (χ1v) is 7.39. The minimum Gasteiger partial charge on any atom is -0.461 e.